The van der Waals surface area contributed by atoms with Crippen molar-refractivity contribution in [3.8, 4) is 23.7 Å². The second kappa shape index (κ2) is 15.5. The minimum absolute atomic E-state index is 0. The lowest BCUT2D eigenvalue weighted by Crippen LogP contribution is -2.33. The quantitative estimate of drug-likeness (QED) is 0.430. The van der Waals surface area contributed by atoms with Crippen LogP contribution in [0.3, 0.4) is 0 Å². The summed E-state index contributed by atoms with van der Waals surface area (Å²) < 4.78 is 11.2. The smallest absolute Gasteiger partial charge is 0.108 e. The summed E-state index contributed by atoms with van der Waals surface area (Å²) in [5.74, 6) is 13.5. The number of halogens is 1. The van der Waals surface area contributed by atoms with E-state index in [9.17, 15) is 0 Å². The highest BCUT2D eigenvalue weighted by Gasteiger charge is 2.17. The Hall–Kier alpha value is -2.27. The Kier molecular flexibility index (Phi) is 12.5. The average Bonchev–Trinajstić information content (AvgIpc) is 2.81. The maximum atomic E-state index is 5.62. The van der Waals surface area contributed by atoms with Crippen LogP contribution >= 0.6 is 12.4 Å². The van der Waals surface area contributed by atoms with E-state index >= 15 is 0 Å². The molecule has 0 N–H and O–H groups in total. The van der Waals surface area contributed by atoms with Crippen LogP contribution in [0.5, 0.6) is 0 Å². The van der Waals surface area contributed by atoms with E-state index in [1.54, 1.807) is 0 Å². The molecule has 0 atom stereocenters. The topological polar surface area (TPSA) is 21.7 Å². The first-order valence-corrected chi connectivity index (χ1v) is 10.8. The van der Waals surface area contributed by atoms with Crippen LogP contribution in [0.25, 0.3) is 0 Å². The first-order chi connectivity index (χ1) is 14.9. The number of ether oxygens (including phenoxy) is 2. The second-order valence-electron chi connectivity index (χ2n) is 7.59. The summed E-state index contributed by atoms with van der Waals surface area (Å²) in [7, 11) is 0. The molecule has 1 saturated heterocycles. The molecule has 0 radical (unpaired) electrons. The minimum Gasteiger partial charge on any atom is -0.364 e. The van der Waals surface area contributed by atoms with Gasteiger partial charge in [-0.1, -0.05) is 78.4 Å². The number of hydrogen-bond donors (Lipinski definition) is 0. The average molecular weight is 438 g/mol. The summed E-state index contributed by atoms with van der Waals surface area (Å²) in [5.41, 5.74) is 2.38. The number of likely N-dealkylation sites (tertiary alicyclic amines) is 1. The molecule has 3 nitrogen and oxygen atoms in total. The highest BCUT2D eigenvalue weighted by atomic mass is 35.5. The van der Waals surface area contributed by atoms with Crippen LogP contribution in [-0.2, 0) is 22.7 Å². The van der Waals surface area contributed by atoms with Crippen molar-refractivity contribution in [1.82, 2.24) is 4.90 Å². The van der Waals surface area contributed by atoms with E-state index in [0.29, 0.717) is 32.3 Å². The summed E-state index contributed by atoms with van der Waals surface area (Å²) in [6, 6.07) is 20.4. The maximum Gasteiger partial charge on any atom is 0.108 e. The molecule has 164 valence electrons. The van der Waals surface area contributed by atoms with Gasteiger partial charge in [0.1, 0.15) is 13.2 Å². The van der Waals surface area contributed by atoms with E-state index in [1.165, 1.54) is 24.0 Å². The van der Waals surface area contributed by atoms with E-state index in [0.717, 1.165) is 26.1 Å². The van der Waals surface area contributed by atoms with E-state index < -0.39 is 0 Å². The van der Waals surface area contributed by atoms with Gasteiger partial charge in [0.25, 0.3) is 0 Å². The first kappa shape index (κ1) is 25.0. The van der Waals surface area contributed by atoms with Crippen LogP contribution in [0.1, 0.15) is 30.4 Å². The van der Waals surface area contributed by atoms with Crippen molar-refractivity contribution >= 4 is 12.4 Å². The molecule has 1 fully saturated rings. The summed E-state index contributed by atoms with van der Waals surface area (Å²) >= 11 is 0. The molecule has 0 aromatic heterocycles. The molecule has 31 heavy (non-hydrogen) atoms. The highest BCUT2D eigenvalue weighted by molar-refractivity contribution is 5.85. The van der Waals surface area contributed by atoms with E-state index in [1.807, 2.05) is 36.4 Å². The van der Waals surface area contributed by atoms with Crippen molar-refractivity contribution in [2.45, 2.75) is 32.5 Å². The molecule has 0 amide bonds. The molecular formula is C27H32ClNO2. The van der Waals surface area contributed by atoms with Gasteiger partial charge in [0.2, 0.25) is 0 Å². The van der Waals surface area contributed by atoms with Gasteiger partial charge < -0.3 is 9.47 Å². The monoisotopic (exact) mass is 437 g/mol. The Labute approximate surface area is 193 Å². The molecule has 0 spiro atoms. The molecule has 1 heterocycles. The molecule has 0 bridgehead atoms. The molecule has 3 rings (SSSR count). The fourth-order valence-corrected chi connectivity index (χ4v) is 3.42. The van der Waals surface area contributed by atoms with Crippen LogP contribution in [0, 0.1) is 29.6 Å². The maximum absolute atomic E-state index is 5.62. The van der Waals surface area contributed by atoms with Gasteiger partial charge in [-0.05, 0) is 43.0 Å². The van der Waals surface area contributed by atoms with Crippen LogP contribution < -0.4 is 0 Å². The third-order valence-corrected chi connectivity index (χ3v) is 5.22. The Morgan fingerprint density at radius 1 is 0.710 bits per heavy atom. The molecule has 0 unspecified atom stereocenters. The lowest BCUT2D eigenvalue weighted by atomic mass is 9.94. The predicted molar refractivity (Wildman–Crippen MR) is 129 cm³/mol. The molecule has 0 saturated carbocycles. The van der Waals surface area contributed by atoms with Gasteiger partial charge in [0.15, 0.2) is 0 Å². The van der Waals surface area contributed by atoms with Gasteiger partial charge in [-0.2, -0.15) is 0 Å². The van der Waals surface area contributed by atoms with Gasteiger partial charge in [0, 0.05) is 6.42 Å². The summed E-state index contributed by atoms with van der Waals surface area (Å²) in [6.07, 6.45) is 3.37. The zero-order chi connectivity index (χ0) is 20.7. The lowest BCUT2D eigenvalue weighted by Gasteiger charge is -2.29. The van der Waals surface area contributed by atoms with Crippen LogP contribution in [0.2, 0.25) is 0 Å². The zero-order valence-electron chi connectivity index (χ0n) is 18.1. The van der Waals surface area contributed by atoms with Crippen molar-refractivity contribution < 1.29 is 9.47 Å². The molecule has 2 aromatic rings. The van der Waals surface area contributed by atoms with Crippen LogP contribution in [0.4, 0.5) is 0 Å². The van der Waals surface area contributed by atoms with E-state index in [4.69, 9.17) is 9.47 Å². The fraction of sp³-hybridized carbons (Fsp3) is 0.407. The molecule has 1 aliphatic heterocycles. The van der Waals surface area contributed by atoms with Crippen molar-refractivity contribution in [2.24, 2.45) is 5.92 Å². The lowest BCUT2D eigenvalue weighted by molar-refractivity contribution is 0.153. The summed E-state index contributed by atoms with van der Waals surface area (Å²) in [4.78, 5) is 2.43. The number of rotatable bonds is 8. The molecule has 4 heteroatoms. The normalized spacial score (nSPS) is 13.9. The summed E-state index contributed by atoms with van der Waals surface area (Å²) in [5, 5.41) is 0. The van der Waals surface area contributed by atoms with Gasteiger partial charge in [0.05, 0.1) is 19.8 Å². The largest absolute Gasteiger partial charge is 0.364 e. The third kappa shape index (κ3) is 10.5. The highest BCUT2D eigenvalue weighted by Crippen LogP contribution is 2.19. The second-order valence-corrected chi connectivity index (χ2v) is 7.59. The van der Waals surface area contributed by atoms with Crippen molar-refractivity contribution in [1.29, 1.82) is 0 Å². The molecule has 2 aromatic carbocycles. The van der Waals surface area contributed by atoms with Crippen LogP contribution in [-0.4, -0.2) is 37.7 Å². The van der Waals surface area contributed by atoms with Crippen molar-refractivity contribution in [3.63, 3.8) is 0 Å². The van der Waals surface area contributed by atoms with Gasteiger partial charge in [-0.25, -0.2) is 0 Å². The Morgan fingerprint density at radius 3 is 1.77 bits per heavy atom. The Morgan fingerprint density at radius 2 is 1.23 bits per heavy atom. The van der Waals surface area contributed by atoms with Crippen molar-refractivity contribution in [2.75, 3.05) is 32.8 Å². The van der Waals surface area contributed by atoms with Gasteiger partial charge in [-0.3, -0.25) is 4.90 Å². The number of nitrogens with zero attached hydrogens (tertiary/aromatic N) is 1. The molecule has 0 aliphatic carbocycles. The SMILES string of the molecule is C(#CCC1CCN(CC#CCOCc2ccccc2)CC1)COCc1ccccc1.Cl. The predicted octanol–water partition coefficient (Wildman–Crippen LogP) is 4.95. The zero-order valence-corrected chi connectivity index (χ0v) is 18.9. The number of piperidine rings is 1. The minimum atomic E-state index is 0. The van der Waals surface area contributed by atoms with E-state index in [-0.39, 0.29) is 12.4 Å². The molecular weight excluding hydrogens is 406 g/mol. The number of hydrogen-bond acceptors (Lipinski definition) is 3. The van der Waals surface area contributed by atoms with E-state index in [2.05, 4.69) is 52.8 Å². The Bertz CT molecular complexity index is 767. The Balaban J connectivity index is 0.00000341. The summed E-state index contributed by atoms with van der Waals surface area (Å²) in [6.45, 7) is 5.31. The number of benzene rings is 2. The molecule has 1 aliphatic rings. The first-order valence-electron chi connectivity index (χ1n) is 10.8. The van der Waals surface area contributed by atoms with Gasteiger partial charge >= 0.3 is 0 Å². The van der Waals surface area contributed by atoms with Gasteiger partial charge in [-0.15, -0.1) is 18.3 Å². The standard InChI is InChI=1S/C27H31NO2.ClH/c1-3-12-26(13-4-1)23-29-21-9-7-11-25-16-19-28(20-17-25)18-8-10-22-30-24-27-14-5-2-6-15-27;/h1-6,12-15,25H,11,16-24H2;1H. The van der Waals surface area contributed by atoms with Crippen molar-refractivity contribution in [3.05, 3.63) is 71.8 Å². The van der Waals surface area contributed by atoms with Crippen LogP contribution in [0.15, 0.2) is 60.7 Å². The third-order valence-electron chi connectivity index (χ3n) is 5.22. The fourth-order valence-electron chi connectivity index (χ4n) is 3.42.